The van der Waals surface area contributed by atoms with E-state index < -0.39 is 47.0 Å². The van der Waals surface area contributed by atoms with E-state index in [-0.39, 0.29) is 39.9 Å². The van der Waals surface area contributed by atoms with Gasteiger partial charge in [0.25, 0.3) is 5.56 Å². The molecule has 0 saturated heterocycles. The number of nitrogens with zero attached hydrogens (tertiary/aromatic N) is 2. The minimum Gasteiger partial charge on any atom is -0.488 e. The highest BCUT2D eigenvalue weighted by atomic mass is 32.2. The molecular formula is C33H29F5N2O3S. The first-order valence-corrected chi connectivity index (χ1v) is 14.8. The number of ether oxygens (including phenoxy) is 1. The molecule has 3 aromatic carbocycles. The molecule has 44 heavy (non-hydrogen) atoms. The lowest BCUT2D eigenvalue weighted by molar-refractivity contribution is -0.138. The van der Waals surface area contributed by atoms with Crippen LogP contribution in [-0.4, -0.2) is 29.2 Å². The molecule has 230 valence electrons. The second kappa shape index (κ2) is 12.5. The Balaban J connectivity index is 1.82. The lowest BCUT2D eigenvalue weighted by Crippen LogP contribution is -2.32. The summed E-state index contributed by atoms with van der Waals surface area (Å²) in [5.74, 6) is -1.61. The monoisotopic (exact) mass is 628 g/mol. The van der Waals surface area contributed by atoms with Crippen molar-refractivity contribution in [3.05, 3.63) is 117 Å². The molecule has 11 heteroatoms. The maximum absolute atomic E-state index is 16.0. The molecule has 0 saturated carbocycles. The van der Waals surface area contributed by atoms with Gasteiger partial charge >= 0.3 is 6.18 Å². The number of benzene rings is 3. The Bertz CT molecular complexity index is 1790. The number of fused-ring (bicyclic) bond motifs is 1. The maximum atomic E-state index is 16.0. The van der Waals surface area contributed by atoms with Crippen molar-refractivity contribution in [1.29, 1.82) is 0 Å². The fourth-order valence-corrected chi connectivity index (χ4v) is 6.84. The number of oxime groups is 1. The highest BCUT2D eigenvalue weighted by molar-refractivity contribution is 7.99. The smallest absolute Gasteiger partial charge is 0.416 e. The zero-order chi connectivity index (χ0) is 31.8. The van der Waals surface area contributed by atoms with Crippen LogP contribution in [-0.2, 0) is 17.4 Å². The molecule has 5 rings (SSSR count). The zero-order valence-electron chi connectivity index (χ0n) is 24.3. The Morgan fingerprint density at radius 2 is 1.73 bits per heavy atom. The van der Waals surface area contributed by atoms with Gasteiger partial charge in [0, 0.05) is 28.9 Å². The summed E-state index contributed by atoms with van der Waals surface area (Å²) in [7, 11) is 1.37. The molecule has 1 aliphatic heterocycles. The molecule has 1 unspecified atom stereocenters. The normalized spacial score (nSPS) is 15.0. The fraction of sp³-hybridized carbons (Fsp3) is 0.273. The molecule has 1 aromatic heterocycles. The van der Waals surface area contributed by atoms with Crippen LogP contribution in [0.15, 0.2) is 81.7 Å². The van der Waals surface area contributed by atoms with Crippen LogP contribution in [0.2, 0.25) is 0 Å². The molecule has 0 radical (unpaired) electrons. The summed E-state index contributed by atoms with van der Waals surface area (Å²) in [4.78, 5) is 19.6. The van der Waals surface area contributed by atoms with E-state index in [1.54, 1.807) is 51.1 Å². The van der Waals surface area contributed by atoms with Gasteiger partial charge in [-0.25, -0.2) is 8.78 Å². The van der Waals surface area contributed by atoms with Crippen LogP contribution in [0.5, 0.6) is 5.75 Å². The second-order valence-electron chi connectivity index (χ2n) is 10.5. The molecule has 0 bridgehead atoms. The number of halogens is 5. The van der Waals surface area contributed by atoms with E-state index in [4.69, 9.17) is 9.57 Å². The lowest BCUT2D eigenvalue weighted by Gasteiger charge is -2.23. The topological polar surface area (TPSA) is 52.8 Å². The number of aromatic nitrogens is 1. The van der Waals surface area contributed by atoms with Crippen molar-refractivity contribution in [3.8, 4) is 16.9 Å². The van der Waals surface area contributed by atoms with Gasteiger partial charge in [-0.1, -0.05) is 53.7 Å². The van der Waals surface area contributed by atoms with Crippen molar-refractivity contribution in [2.24, 2.45) is 5.16 Å². The van der Waals surface area contributed by atoms with Crippen LogP contribution in [0.25, 0.3) is 11.1 Å². The van der Waals surface area contributed by atoms with E-state index in [0.29, 0.717) is 16.3 Å². The Morgan fingerprint density at radius 3 is 2.39 bits per heavy atom. The summed E-state index contributed by atoms with van der Waals surface area (Å²) in [6.45, 7) is 5.01. The first kappa shape index (κ1) is 31.3. The summed E-state index contributed by atoms with van der Waals surface area (Å²) >= 11 is 1.24. The third-order valence-electron chi connectivity index (χ3n) is 7.37. The number of hydrogen-bond donors (Lipinski definition) is 0. The Labute approximate surface area is 255 Å². The predicted octanol–water partition coefficient (Wildman–Crippen LogP) is 8.20. The molecule has 0 spiro atoms. The van der Waals surface area contributed by atoms with Crippen molar-refractivity contribution in [3.63, 3.8) is 0 Å². The molecule has 0 aliphatic carbocycles. The highest BCUT2D eigenvalue weighted by Gasteiger charge is 2.38. The van der Waals surface area contributed by atoms with Crippen LogP contribution in [0, 0.1) is 18.6 Å². The molecule has 2 heterocycles. The summed E-state index contributed by atoms with van der Waals surface area (Å²) in [5.41, 5.74) is -0.792. The number of thioether (sulfide) groups is 1. The van der Waals surface area contributed by atoms with Gasteiger partial charge in [-0.3, -0.25) is 9.36 Å². The van der Waals surface area contributed by atoms with Crippen molar-refractivity contribution < 1.29 is 31.5 Å². The Kier molecular flexibility index (Phi) is 8.88. The van der Waals surface area contributed by atoms with Crippen LogP contribution >= 0.6 is 11.8 Å². The molecule has 1 atom stereocenters. The van der Waals surface area contributed by atoms with Crippen molar-refractivity contribution in [2.45, 2.75) is 50.5 Å². The van der Waals surface area contributed by atoms with Gasteiger partial charge in [0.15, 0.2) is 11.6 Å². The highest BCUT2D eigenvalue weighted by Crippen LogP contribution is 2.43. The van der Waals surface area contributed by atoms with E-state index in [2.05, 4.69) is 5.16 Å². The van der Waals surface area contributed by atoms with Gasteiger partial charge < -0.3 is 9.57 Å². The first-order valence-electron chi connectivity index (χ1n) is 13.8. The van der Waals surface area contributed by atoms with Crippen LogP contribution in [0.3, 0.4) is 0 Å². The SMILES string of the molecule is CO/N=C(\c1ccccc1)C1CSc2c(Cc3c(F)cccc3C(F)(F)F)c(C)c(-c3cccc(OC(C)C)c3F)c(=O)n21. The van der Waals surface area contributed by atoms with Crippen molar-refractivity contribution in [1.82, 2.24) is 4.57 Å². The summed E-state index contributed by atoms with van der Waals surface area (Å²) in [5, 5.41) is 4.57. The van der Waals surface area contributed by atoms with Crippen LogP contribution in [0.4, 0.5) is 22.0 Å². The van der Waals surface area contributed by atoms with Gasteiger partial charge in [-0.2, -0.15) is 13.2 Å². The average Bonchev–Trinajstić information content (AvgIpc) is 3.41. The zero-order valence-corrected chi connectivity index (χ0v) is 25.2. The lowest BCUT2D eigenvalue weighted by atomic mass is 9.92. The van der Waals surface area contributed by atoms with E-state index in [0.717, 1.165) is 18.2 Å². The van der Waals surface area contributed by atoms with Gasteiger partial charge in [-0.05, 0) is 50.1 Å². The summed E-state index contributed by atoms with van der Waals surface area (Å²) in [6.07, 6.45) is -5.67. The first-order chi connectivity index (χ1) is 20.9. The van der Waals surface area contributed by atoms with Crippen molar-refractivity contribution >= 4 is 17.5 Å². The third kappa shape index (κ3) is 5.85. The molecule has 0 amide bonds. The van der Waals surface area contributed by atoms with Crippen LogP contribution in [0.1, 0.15) is 47.7 Å². The standard InChI is InChI=1S/C33H29F5N2O3S/c1-18(2)43-27-15-8-12-21(29(27)35)28-19(3)22(16-23-24(33(36,37)38)13-9-14-25(23)34)32-40(31(28)41)26(17-44-32)30(39-42-4)20-10-6-5-7-11-20/h5-15,18,26H,16-17H2,1-4H3/b39-30+. The van der Waals surface area contributed by atoms with E-state index >= 15 is 8.78 Å². The third-order valence-corrected chi connectivity index (χ3v) is 8.57. The largest absolute Gasteiger partial charge is 0.488 e. The number of pyridine rings is 1. The minimum atomic E-state index is -4.82. The molecular weight excluding hydrogens is 599 g/mol. The molecule has 0 N–H and O–H groups in total. The number of alkyl halides is 3. The van der Waals surface area contributed by atoms with E-state index in [9.17, 15) is 18.0 Å². The minimum absolute atomic E-state index is 0.0577. The van der Waals surface area contributed by atoms with Crippen molar-refractivity contribution in [2.75, 3.05) is 12.9 Å². The fourth-order valence-electron chi connectivity index (χ4n) is 5.47. The summed E-state index contributed by atoms with van der Waals surface area (Å²) < 4.78 is 80.3. The quantitative estimate of drug-likeness (QED) is 0.112. The number of rotatable bonds is 8. The average molecular weight is 629 g/mol. The van der Waals surface area contributed by atoms with Gasteiger partial charge in [-0.15, -0.1) is 11.8 Å². The second-order valence-corrected chi connectivity index (χ2v) is 11.5. The van der Waals surface area contributed by atoms with E-state index in [1.807, 2.05) is 6.07 Å². The van der Waals surface area contributed by atoms with Gasteiger partial charge in [0.05, 0.1) is 28.3 Å². The van der Waals surface area contributed by atoms with E-state index in [1.165, 1.54) is 35.6 Å². The number of hydrogen-bond acceptors (Lipinski definition) is 5. The molecule has 4 aromatic rings. The molecule has 5 nitrogen and oxygen atoms in total. The molecule has 0 fully saturated rings. The maximum Gasteiger partial charge on any atom is 0.416 e. The predicted molar refractivity (Wildman–Crippen MR) is 161 cm³/mol. The Hall–Kier alpha value is -4.12. The van der Waals surface area contributed by atoms with Gasteiger partial charge in [0.1, 0.15) is 18.6 Å². The van der Waals surface area contributed by atoms with Gasteiger partial charge in [0.2, 0.25) is 0 Å². The Morgan fingerprint density at radius 1 is 1.02 bits per heavy atom. The summed E-state index contributed by atoms with van der Waals surface area (Å²) in [6, 6.07) is 15.5. The van der Waals surface area contributed by atoms with Crippen LogP contribution < -0.4 is 10.3 Å². The molecule has 1 aliphatic rings.